The van der Waals surface area contributed by atoms with Crippen molar-refractivity contribution < 1.29 is 23.5 Å². The molecule has 7 nitrogen and oxygen atoms in total. The first-order chi connectivity index (χ1) is 18.2. The van der Waals surface area contributed by atoms with E-state index < -0.39 is 29.5 Å². The summed E-state index contributed by atoms with van der Waals surface area (Å²) >= 11 is 12.0. The van der Waals surface area contributed by atoms with Crippen molar-refractivity contribution in [2.75, 3.05) is 11.4 Å². The molecule has 1 aromatic carbocycles. The van der Waals surface area contributed by atoms with E-state index in [9.17, 15) is 23.5 Å². The molecule has 2 aromatic heterocycles. The lowest BCUT2D eigenvalue weighted by Crippen LogP contribution is -2.44. The predicted octanol–water partition coefficient (Wildman–Crippen LogP) is 5.29. The fourth-order valence-electron chi connectivity index (χ4n) is 5.32. The van der Waals surface area contributed by atoms with Crippen molar-refractivity contribution in [3.05, 3.63) is 87.4 Å². The maximum absolute atomic E-state index is 13.6. The van der Waals surface area contributed by atoms with Crippen LogP contribution < -0.4 is 10.2 Å². The van der Waals surface area contributed by atoms with Crippen LogP contribution in [0.3, 0.4) is 0 Å². The molecule has 3 aromatic rings. The van der Waals surface area contributed by atoms with Gasteiger partial charge in [0.2, 0.25) is 0 Å². The molecule has 1 fully saturated rings. The molecule has 38 heavy (non-hydrogen) atoms. The van der Waals surface area contributed by atoms with Crippen LogP contribution in [0.4, 0.5) is 14.5 Å². The number of nitrogens with zero attached hydrogens (tertiary/aromatic N) is 3. The highest BCUT2D eigenvalue weighted by Crippen LogP contribution is 2.45. The number of hydrogen-bond donors (Lipinski definition) is 2. The van der Waals surface area contributed by atoms with E-state index in [1.54, 1.807) is 23.1 Å². The first kappa shape index (κ1) is 26.5. The van der Waals surface area contributed by atoms with E-state index in [1.165, 1.54) is 24.5 Å². The highest BCUT2D eigenvalue weighted by Gasteiger charge is 2.51. The Hall–Kier alpha value is -3.14. The molecule has 3 heterocycles. The van der Waals surface area contributed by atoms with Crippen molar-refractivity contribution in [1.29, 1.82) is 0 Å². The van der Waals surface area contributed by atoms with Crippen molar-refractivity contribution in [1.82, 2.24) is 15.3 Å². The Bertz CT molecular complexity index is 1380. The third kappa shape index (κ3) is 4.86. The summed E-state index contributed by atoms with van der Waals surface area (Å²) in [6.07, 6.45) is 3.69. The number of carbonyl (C=O) groups excluding carboxylic acids is 2. The van der Waals surface area contributed by atoms with E-state index in [1.807, 2.05) is 6.07 Å². The van der Waals surface area contributed by atoms with Gasteiger partial charge >= 0.3 is 0 Å². The van der Waals surface area contributed by atoms with E-state index in [4.69, 9.17) is 23.2 Å². The normalized spacial score (nSPS) is 23.0. The number of anilines is 1. The van der Waals surface area contributed by atoms with Gasteiger partial charge in [-0.2, -0.15) is 0 Å². The van der Waals surface area contributed by atoms with E-state index in [0.29, 0.717) is 54.1 Å². The average molecular weight is 561 g/mol. The smallest absolute Gasteiger partial charge is 0.281 e. The van der Waals surface area contributed by atoms with Gasteiger partial charge in [0.15, 0.2) is 5.60 Å². The molecular weight excluding hydrogens is 537 g/mol. The summed E-state index contributed by atoms with van der Waals surface area (Å²) in [6, 6.07) is 9.62. The largest absolute Gasteiger partial charge is 0.372 e. The van der Waals surface area contributed by atoms with Crippen LogP contribution in [0.5, 0.6) is 0 Å². The average Bonchev–Trinajstić information content (AvgIpc) is 3.12. The van der Waals surface area contributed by atoms with Gasteiger partial charge in [-0.3, -0.25) is 19.6 Å². The summed E-state index contributed by atoms with van der Waals surface area (Å²) < 4.78 is 26.6. The third-order valence-electron chi connectivity index (χ3n) is 7.22. The number of alkyl halides is 2. The second kappa shape index (κ2) is 10.6. The number of fused-ring (bicyclic) bond motifs is 1. The van der Waals surface area contributed by atoms with Crippen molar-refractivity contribution in [3.8, 4) is 0 Å². The lowest BCUT2D eigenvalue weighted by molar-refractivity contribution is -0.132. The summed E-state index contributed by atoms with van der Waals surface area (Å²) in [6.45, 7) is 0.389. The highest BCUT2D eigenvalue weighted by molar-refractivity contribution is 6.31. The van der Waals surface area contributed by atoms with Crippen LogP contribution in [0, 0.1) is 5.92 Å². The highest BCUT2D eigenvalue weighted by atomic mass is 35.5. The molecule has 1 aliphatic heterocycles. The molecule has 198 valence electrons. The van der Waals surface area contributed by atoms with Gasteiger partial charge in [-0.1, -0.05) is 41.4 Å². The molecule has 2 aliphatic rings. The number of pyridine rings is 2. The maximum Gasteiger partial charge on any atom is 0.281 e. The summed E-state index contributed by atoms with van der Waals surface area (Å²) in [5.41, 5.74) is -1.33. The lowest BCUT2D eigenvalue weighted by Gasteiger charge is -2.32. The van der Waals surface area contributed by atoms with Gasteiger partial charge < -0.3 is 15.3 Å². The molecule has 5 rings (SSSR count). The zero-order valence-corrected chi connectivity index (χ0v) is 21.6. The van der Waals surface area contributed by atoms with Gasteiger partial charge in [0.25, 0.3) is 18.2 Å². The first-order valence-corrected chi connectivity index (χ1v) is 12.9. The monoisotopic (exact) mass is 560 g/mol. The number of nitrogens with one attached hydrogen (secondary N) is 1. The summed E-state index contributed by atoms with van der Waals surface area (Å²) in [5, 5.41) is 14.9. The maximum atomic E-state index is 13.6. The van der Waals surface area contributed by atoms with Crippen LogP contribution in [-0.2, 0) is 10.4 Å². The number of hydrogen-bond acceptors (Lipinski definition) is 5. The molecule has 1 unspecified atom stereocenters. The van der Waals surface area contributed by atoms with E-state index in [-0.39, 0.29) is 22.5 Å². The van der Waals surface area contributed by atoms with Crippen LogP contribution in [0.15, 0.2) is 55.0 Å². The molecule has 1 saturated carbocycles. The number of amides is 2. The first-order valence-electron chi connectivity index (χ1n) is 12.2. The number of carbonyl (C=O) groups is 2. The SMILES string of the molecule is O=C(N[C@H]1CC[C@H](CN2C(=O)C(O)(c3cncc(Cl)c3)c3ccccc32)CC1)c1cc(Cl)cnc1C(F)F. The van der Waals surface area contributed by atoms with Crippen molar-refractivity contribution >= 4 is 40.7 Å². The van der Waals surface area contributed by atoms with E-state index >= 15 is 0 Å². The van der Waals surface area contributed by atoms with Crippen LogP contribution in [0.1, 0.15) is 59.3 Å². The minimum atomic E-state index is -2.90. The molecule has 1 aliphatic carbocycles. The van der Waals surface area contributed by atoms with Crippen LogP contribution in [0.25, 0.3) is 0 Å². The van der Waals surface area contributed by atoms with E-state index in [2.05, 4.69) is 15.3 Å². The number of aliphatic hydroxyl groups is 1. The molecule has 11 heteroatoms. The molecule has 1 atom stereocenters. The van der Waals surface area contributed by atoms with Gasteiger partial charge in [-0.25, -0.2) is 8.78 Å². The lowest BCUT2D eigenvalue weighted by atomic mass is 9.85. The molecule has 0 radical (unpaired) electrons. The number of halogens is 4. The second-order valence-corrected chi connectivity index (χ2v) is 10.5. The third-order valence-corrected chi connectivity index (χ3v) is 7.63. The Morgan fingerprint density at radius 2 is 1.82 bits per heavy atom. The fourth-order valence-corrected chi connectivity index (χ4v) is 5.65. The topological polar surface area (TPSA) is 95.4 Å². The summed E-state index contributed by atoms with van der Waals surface area (Å²) in [4.78, 5) is 35.6. The molecule has 0 saturated heterocycles. The Kier molecular flexibility index (Phi) is 7.35. The minimum absolute atomic E-state index is 0.104. The van der Waals surface area contributed by atoms with Gasteiger partial charge in [-0.15, -0.1) is 0 Å². The minimum Gasteiger partial charge on any atom is -0.372 e. The van der Waals surface area contributed by atoms with Gasteiger partial charge in [0.05, 0.1) is 21.3 Å². The Labute approximate surface area is 227 Å². The number of aromatic nitrogens is 2. The zero-order chi connectivity index (χ0) is 27.0. The Balaban J connectivity index is 1.27. The van der Waals surface area contributed by atoms with Crippen LogP contribution in [0.2, 0.25) is 10.0 Å². The van der Waals surface area contributed by atoms with Gasteiger partial charge in [0, 0.05) is 42.3 Å². The zero-order valence-electron chi connectivity index (χ0n) is 20.1. The molecule has 2 amide bonds. The van der Waals surface area contributed by atoms with Crippen LogP contribution >= 0.6 is 23.2 Å². The van der Waals surface area contributed by atoms with E-state index in [0.717, 1.165) is 6.20 Å². The van der Waals surface area contributed by atoms with Gasteiger partial charge in [0.1, 0.15) is 5.69 Å². The molecule has 2 N–H and O–H groups in total. The molecule has 0 spiro atoms. The van der Waals surface area contributed by atoms with Crippen molar-refractivity contribution in [3.63, 3.8) is 0 Å². The van der Waals surface area contributed by atoms with Crippen LogP contribution in [-0.4, -0.2) is 39.5 Å². The van der Waals surface area contributed by atoms with Crippen molar-refractivity contribution in [2.24, 2.45) is 5.92 Å². The Morgan fingerprint density at radius 3 is 2.53 bits per heavy atom. The quantitative estimate of drug-likeness (QED) is 0.427. The molecular formula is C27H24Cl2F2N4O3. The number of para-hydroxylation sites is 1. The van der Waals surface area contributed by atoms with Crippen molar-refractivity contribution in [2.45, 2.75) is 43.8 Å². The fraction of sp³-hybridized carbons (Fsp3) is 0.333. The molecule has 0 bridgehead atoms. The van der Waals surface area contributed by atoms with Gasteiger partial charge in [-0.05, 0) is 49.8 Å². The second-order valence-electron chi connectivity index (χ2n) is 9.61. The number of rotatable bonds is 6. The predicted molar refractivity (Wildman–Crippen MR) is 138 cm³/mol. The standard InChI is InChI=1S/C27H24Cl2F2N4O3/c28-17-9-16(11-32-12-17)27(38)21-3-1-2-4-22(21)35(26(27)37)14-15-5-7-19(8-6-15)34-25(36)20-10-18(29)13-33-23(20)24(30)31/h1-4,9-13,15,19,24,38H,5-8,14H2,(H,34,36)/t15-,19-,27?. The number of benzene rings is 1. The summed E-state index contributed by atoms with van der Waals surface area (Å²) in [7, 11) is 0. The Morgan fingerprint density at radius 1 is 1.11 bits per heavy atom. The summed E-state index contributed by atoms with van der Waals surface area (Å²) in [5.74, 6) is -0.988.